The summed E-state index contributed by atoms with van der Waals surface area (Å²) in [7, 11) is 0. The minimum absolute atomic E-state index is 0.0310. The van der Waals surface area contributed by atoms with Crippen molar-refractivity contribution in [2.75, 3.05) is 13.2 Å². The highest BCUT2D eigenvalue weighted by molar-refractivity contribution is 5.64. The van der Waals surface area contributed by atoms with Crippen molar-refractivity contribution in [3.05, 3.63) is 59.4 Å². The molecule has 0 saturated heterocycles. The van der Waals surface area contributed by atoms with E-state index in [-0.39, 0.29) is 5.82 Å². The van der Waals surface area contributed by atoms with Gasteiger partial charge in [-0.05, 0) is 110 Å². The summed E-state index contributed by atoms with van der Waals surface area (Å²) in [6.07, 6.45) is 13.6. The van der Waals surface area contributed by atoms with Crippen LogP contribution in [0.5, 0.6) is 0 Å². The Balaban J connectivity index is 1.33. The lowest BCUT2D eigenvalue weighted by molar-refractivity contribution is 0.0830. The van der Waals surface area contributed by atoms with Crippen molar-refractivity contribution in [1.82, 2.24) is 0 Å². The van der Waals surface area contributed by atoms with Crippen molar-refractivity contribution in [2.24, 2.45) is 11.8 Å². The third-order valence-corrected chi connectivity index (χ3v) is 8.25. The number of hydrogen-bond donors (Lipinski definition) is 0. The average molecular weight is 451 g/mol. The number of hydrogen-bond acceptors (Lipinski definition) is 1. The molecule has 0 atom stereocenters. The van der Waals surface area contributed by atoms with Gasteiger partial charge in [0.15, 0.2) is 0 Å². The zero-order valence-corrected chi connectivity index (χ0v) is 20.8. The molecule has 4 rings (SSSR count). The lowest BCUT2D eigenvalue weighted by Gasteiger charge is -2.29. The molecule has 0 aromatic heterocycles. The van der Waals surface area contributed by atoms with Gasteiger partial charge in [0.2, 0.25) is 0 Å². The molecule has 0 amide bonds. The van der Waals surface area contributed by atoms with Gasteiger partial charge in [-0.25, -0.2) is 4.39 Å². The second kappa shape index (κ2) is 12.2. The van der Waals surface area contributed by atoms with E-state index in [0.717, 1.165) is 67.9 Å². The van der Waals surface area contributed by atoms with Crippen LogP contribution in [-0.2, 0) is 4.74 Å². The second-order valence-corrected chi connectivity index (χ2v) is 10.7. The van der Waals surface area contributed by atoms with Crippen LogP contribution in [0.25, 0.3) is 11.1 Å². The highest BCUT2D eigenvalue weighted by atomic mass is 19.1. The standard InChI is InChI=1S/C31H43FO/c1-3-5-23-6-10-25(11-7-23)26-14-16-27(17-15-26)29-18-19-30(31(32)21-29)28-12-8-24(9-13-28)22-33-20-4-2/h14-19,21,23-25,28H,3-13,20,22H2,1-2H3. The fourth-order valence-corrected chi connectivity index (χ4v) is 6.21. The third-order valence-electron chi connectivity index (χ3n) is 8.25. The molecular weight excluding hydrogens is 407 g/mol. The molecule has 2 aromatic rings. The molecule has 1 nitrogen and oxygen atoms in total. The van der Waals surface area contributed by atoms with Crippen molar-refractivity contribution in [3.63, 3.8) is 0 Å². The molecule has 180 valence electrons. The smallest absolute Gasteiger partial charge is 0.127 e. The van der Waals surface area contributed by atoms with E-state index >= 15 is 4.39 Å². The van der Waals surface area contributed by atoms with Gasteiger partial charge in [-0.15, -0.1) is 0 Å². The van der Waals surface area contributed by atoms with E-state index < -0.39 is 0 Å². The molecule has 33 heavy (non-hydrogen) atoms. The number of rotatable bonds is 9. The predicted octanol–water partition coefficient (Wildman–Crippen LogP) is 9.27. The van der Waals surface area contributed by atoms with Gasteiger partial charge in [-0.1, -0.05) is 63.1 Å². The van der Waals surface area contributed by atoms with Crippen LogP contribution in [-0.4, -0.2) is 13.2 Å². The monoisotopic (exact) mass is 450 g/mol. The lowest BCUT2D eigenvalue weighted by Crippen LogP contribution is -2.18. The largest absolute Gasteiger partial charge is 0.381 e. The Morgan fingerprint density at radius 3 is 2.00 bits per heavy atom. The predicted molar refractivity (Wildman–Crippen MR) is 137 cm³/mol. The highest BCUT2D eigenvalue weighted by Gasteiger charge is 2.25. The van der Waals surface area contributed by atoms with Gasteiger partial charge in [0, 0.05) is 13.2 Å². The van der Waals surface area contributed by atoms with Crippen LogP contribution in [0.3, 0.4) is 0 Å². The average Bonchev–Trinajstić information content (AvgIpc) is 2.86. The Kier molecular flexibility index (Phi) is 9.01. The first-order chi connectivity index (χ1) is 16.2. The molecule has 2 aromatic carbocycles. The topological polar surface area (TPSA) is 9.23 Å². The van der Waals surface area contributed by atoms with Crippen molar-refractivity contribution < 1.29 is 9.13 Å². The molecule has 2 aliphatic carbocycles. The maximum absolute atomic E-state index is 15.1. The van der Waals surface area contributed by atoms with E-state index in [2.05, 4.69) is 44.2 Å². The maximum Gasteiger partial charge on any atom is 0.127 e. The summed E-state index contributed by atoms with van der Waals surface area (Å²) in [5.74, 6) is 2.61. The van der Waals surface area contributed by atoms with Crippen molar-refractivity contribution in [3.8, 4) is 11.1 Å². The Labute approximate surface area is 201 Å². The number of benzene rings is 2. The van der Waals surface area contributed by atoms with Crippen LogP contribution < -0.4 is 0 Å². The minimum atomic E-state index is -0.0310. The van der Waals surface area contributed by atoms with Crippen molar-refractivity contribution in [1.29, 1.82) is 0 Å². The third kappa shape index (κ3) is 6.47. The van der Waals surface area contributed by atoms with Crippen LogP contribution in [0.1, 0.15) is 107 Å². The van der Waals surface area contributed by atoms with Crippen LogP contribution >= 0.6 is 0 Å². The van der Waals surface area contributed by atoms with E-state index in [1.165, 1.54) is 44.1 Å². The van der Waals surface area contributed by atoms with Crippen LogP contribution in [0, 0.1) is 17.7 Å². The normalized spacial score (nSPS) is 25.8. The first kappa shape index (κ1) is 24.5. The summed E-state index contributed by atoms with van der Waals surface area (Å²) in [4.78, 5) is 0. The Hall–Kier alpha value is -1.67. The summed E-state index contributed by atoms with van der Waals surface area (Å²) >= 11 is 0. The van der Waals surface area contributed by atoms with Gasteiger partial charge in [0.05, 0.1) is 0 Å². The van der Waals surface area contributed by atoms with Crippen LogP contribution in [0.4, 0.5) is 4.39 Å². The van der Waals surface area contributed by atoms with E-state index in [1.807, 2.05) is 6.07 Å². The van der Waals surface area contributed by atoms with E-state index in [9.17, 15) is 0 Å². The zero-order valence-electron chi connectivity index (χ0n) is 20.8. The van der Waals surface area contributed by atoms with E-state index in [4.69, 9.17) is 4.74 Å². The molecule has 0 spiro atoms. The lowest BCUT2D eigenvalue weighted by atomic mass is 9.77. The van der Waals surface area contributed by atoms with E-state index in [1.54, 1.807) is 6.07 Å². The SMILES string of the molecule is CCCOCC1CCC(c2ccc(-c3ccc(C4CCC(CCC)CC4)cc3)cc2F)CC1. The van der Waals surface area contributed by atoms with Gasteiger partial charge in [-0.3, -0.25) is 0 Å². The van der Waals surface area contributed by atoms with E-state index in [0.29, 0.717) is 17.8 Å². The van der Waals surface area contributed by atoms with Crippen LogP contribution in [0.2, 0.25) is 0 Å². The summed E-state index contributed by atoms with van der Waals surface area (Å²) in [6.45, 7) is 6.18. The Bertz CT molecular complexity index is 842. The highest BCUT2D eigenvalue weighted by Crippen LogP contribution is 2.39. The molecule has 0 aliphatic heterocycles. The maximum atomic E-state index is 15.1. The Morgan fingerprint density at radius 1 is 0.727 bits per heavy atom. The summed E-state index contributed by atoms with van der Waals surface area (Å²) in [5.41, 5.74) is 4.49. The quantitative estimate of drug-likeness (QED) is 0.346. The first-order valence-electron chi connectivity index (χ1n) is 13.6. The molecule has 0 unspecified atom stereocenters. The molecule has 2 heteroatoms. The minimum Gasteiger partial charge on any atom is -0.381 e. The number of halogens is 1. The fourth-order valence-electron chi connectivity index (χ4n) is 6.21. The molecule has 2 aliphatic rings. The summed E-state index contributed by atoms with van der Waals surface area (Å²) in [6, 6.07) is 14.9. The molecule has 2 fully saturated rings. The molecule has 0 heterocycles. The van der Waals surface area contributed by atoms with Crippen LogP contribution in [0.15, 0.2) is 42.5 Å². The van der Waals surface area contributed by atoms with Gasteiger partial charge in [0.1, 0.15) is 5.82 Å². The molecular formula is C31H43FO. The molecule has 0 radical (unpaired) electrons. The van der Waals surface area contributed by atoms with Crippen molar-refractivity contribution in [2.45, 2.75) is 96.3 Å². The van der Waals surface area contributed by atoms with Crippen molar-refractivity contribution >= 4 is 0 Å². The zero-order chi connectivity index (χ0) is 23.0. The summed E-state index contributed by atoms with van der Waals surface area (Å²) < 4.78 is 20.8. The molecule has 2 saturated carbocycles. The van der Waals surface area contributed by atoms with Gasteiger partial charge in [0.25, 0.3) is 0 Å². The summed E-state index contributed by atoms with van der Waals surface area (Å²) in [5, 5.41) is 0. The second-order valence-electron chi connectivity index (χ2n) is 10.7. The Morgan fingerprint density at radius 2 is 1.36 bits per heavy atom. The molecule has 0 bridgehead atoms. The van der Waals surface area contributed by atoms with Gasteiger partial charge < -0.3 is 4.74 Å². The van der Waals surface area contributed by atoms with Gasteiger partial charge in [-0.2, -0.15) is 0 Å². The fraction of sp³-hybridized carbons (Fsp3) is 0.613. The first-order valence-corrected chi connectivity index (χ1v) is 13.6. The number of ether oxygens (including phenoxy) is 1. The van der Waals surface area contributed by atoms with Gasteiger partial charge >= 0.3 is 0 Å². The molecule has 0 N–H and O–H groups in total.